The topological polar surface area (TPSA) is 231 Å². The molecule has 0 aromatic carbocycles. The predicted octanol–water partition coefficient (Wildman–Crippen LogP) is 6.38. The van der Waals surface area contributed by atoms with E-state index in [1.165, 1.54) is 77.0 Å². The molecule has 2 rings (SSSR count). The zero-order valence-electron chi connectivity index (χ0n) is 39.3. The second kappa shape index (κ2) is 37.0. The summed E-state index contributed by atoms with van der Waals surface area (Å²) in [5, 5.41) is 72.0. The number of hydrogen-bond donors (Lipinski definition) is 7. The van der Waals surface area contributed by atoms with Crippen molar-refractivity contribution in [3.8, 4) is 0 Å². The zero-order valence-corrected chi connectivity index (χ0v) is 39.3. The molecule has 0 amide bonds. The lowest BCUT2D eigenvalue weighted by atomic mass is 9.98. The number of carbonyl (C=O) groups is 2. The van der Waals surface area contributed by atoms with Gasteiger partial charge in [0.05, 0.1) is 19.8 Å². The van der Waals surface area contributed by atoms with E-state index in [-0.39, 0.29) is 26.1 Å². The Morgan fingerprint density at radius 2 is 0.938 bits per heavy atom. The Morgan fingerprint density at radius 1 is 0.500 bits per heavy atom. The molecule has 11 atom stereocenters. The second-order valence-electron chi connectivity index (χ2n) is 17.6. The van der Waals surface area contributed by atoms with Gasteiger partial charge in [-0.15, -0.1) is 0 Å². The molecule has 2 fully saturated rings. The van der Waals surface area contributed by atoms with Crippen LogP contribution in [0.15, 0.2) is 24.3 Å². The maximum absolute atomic E-state index is 13.0. The number of esters is 2. The summed E-state index contributed by atoms with van der Waals surface area (Å²) in [4.78, 5) is 25.7. The second-order valence-corrected chi connectivity index (χ2v) is 17.6. The van der Waals surface area contributed by atoms with Gasteiger partial charge in [0.1, 0.15) is 55.4 Å². The lowest BCUT2D eigenvalue weighted by Crippen LogP contribution is -2.61. The minimum atomic E-state index is -1.76. The number of hydrogen-bond acceptors (Lipinski definition) is 15. The first-order valence-electron chi connectivity index (χ1n) is 24.9. The number of rotatable bonds is 38. The maximum Gasteiger partial charge on any atom is 0.306 e. The van der Waals surface area contributed by atoms with E-state index < -0.39 is 92.7 Å². The fourth-order valence-corrected chi connectivity index (χ4v) is 7.78. The minimum absolute atomic E-state index is 0.152. The van der Waals surface area contributed by atoms with Crippen molar-refractivity contribution in [3.63, 3.8) is 0 Å². The van der Waals surface area contributed by atoms with E-state index in [1.54, 1.807) is 0 Å². The number of unbranched alkanes of at least 4 members (excludes halogenated alkanes) is 20. The van der Waals surface area contributed by atoms with Gasteiger partial charge >= 0.3 is 11.9 Å². The number of carbonyl (C=O) groups excluding carboxylic acids is 2. The third kappa shape index (κ3) is 25.2. The molecule has 2 aliphatic heterocycles. The van der Waals surface area contributed by atoms with Crippen LogP contribution in [0.5, 0.6) is 0 Å². The van der Waals surface area contributed by atoms with Crippen LogP contribution >= 0.6 is 0 Å². The van der Waals surface area contributed by atoms with Gasteiger partial charge in [-0.05, 0) is 44.9 Å². The third-order valence-electron chi connectivity index (χ3n) is 11.9. The molecular weight excluding hydrogens is 829 g/mol. The Bertz CT molecular complexity index is 1220. The van der Waals surface area contributed by atoms with Crippen molar-refractivity contribution in [2.24, 2.45) is 0 Å². The normalized spacial score (nSPS) is 26.8. The van der Waals surface area contributed by atoms with E-state index in [0.717, 1.165) is 64.2 Å². The summed E-state index contributed by atoms with van der Waals surface area (Å²) >= 11 is 0. The van der Waals surface area contributed by atoms with Crippen molar-refractivity contribution < 1.29 is 73.8 Å². The van der Waals surface area contributed by atoms with Crippen molar-refractivity contribution in [3.05, 3.63) is 24.3 Å². The molecule has 0 aliphatic carbocycles. The summed E-state index contributed by atoms with van der Waals surface area (Å²) < 4.78 is 33.5. The molecule has 0 radical (unpaired) electrons. The number of ether oxygens (including phenoxy) is 6. The molecule has 374 valence electrons. The van der Waals surface area contributed by atoms with Crippen molar-refractivity contribution in [1.82, 2.24) is 0 Å². The highest BCUT2D eigenvalue weighted by Gasteiger charge is 2.47. The van der Waals surface area contributed by atoms with Crippen molar-refractivity contribution in [2.45, 2.75) is 248 Å². The van der Waals surface area contributed by atoms with Crippen molar-refractivity contribution in [2.75, 3.05) is 26.4 Å². The van der Waals surface area contributed by atoms with Crippen LogP contribution in [0.3, 0.4) is 0 Å². The average molecular weight is 917 g/mol. The first-order chi connectivity index (χ1) is 31.0. The lowest BCUT2D eigenvalue weighted by molar-refractivity contribution is -0.332. The molecule has 0 saturated carbocycles. The standard InChI is InChI=1S/C49H88O15/c1-3-5-7-9-11-13-15-17-18-20-22-24-26-28-30-32-41(52)62-37(34-59-40(51)31-29-27-25-23-21-19-16-14-12-10-8-6-4-2)35-60-48-47(58)45(56)43(54)39(64-48)36-61-49-46(57)44(55)42(53)38(33-50)63-49/h11,13,17-18,37-39,42-50,53-58H,3-10,12,14-16,19-36H2,1-2H3/b13-11-,18-17-/t37-,38-,39-,42+,43-,44-,45+,46-,47-,48-,49+/m1/s1. The van der Waals surface area contributed by atoms with E-state index >= 15 is 0 Å². The molecule has 0 aromatic heterocycles. The van der Waals surface area contributed by atoms with Crippen LogP contribution in [-0.2, 0) is 38.0 Å². The molecule has 0 unspecified atom stereocenters. The van der Waals surface area contributed by atoms with Gasteiger partial charge in [-0.2, -0.15) is 0 Å². The Kier molecular flexibility index (Phi) is 33.6. The number of aliphatic hydroxyl groups is 7. The van der Waals surface area contributed by atoms with Crippen LogP contribution < -0.4 is 0 Å². The van der Waals surface area contributed by atoms with Gasteiger partial charge in [-0.1, -0.05) is 147 Å². The van der Waals surface area contributed by atoms with Crippen LogP contribution in [0.2, 0.25) is 0 Å². The van der Waals surface area contributed by atoms with Crippen LogP contribution in [0.25, 0.3) is 0 Å². The Labute approximate surface area is 383 Å². The Hall–Kier alpha value is -2.02. The van der Waals surface area contributed by atoms with E-state index in [9.17, 15) is 45.3 Å². The summed E-state index contributed by atoms with van der Waals surface area (Å²) in [6.07, 6.45) is 19.2. The lowest BCUT2D eigenvalue weighted by Gasteiger charge is -2.42. The van der Waals surface area contributed by atoms with Crippen LogP contribution in [0, 0.1) is 0 Å². The van der Waals surface area contributed by atoms with Gasteiger partial charge in [-0.25, -0.2) is 0 Å². The SMILES string of the molecule is CCCCC/C=C\C/C=C\CCCCCCCC(=O)O[C@H](COC(=O)CCCCCCCCCCCCCCC)CO[C@@H]1O[C@H](CO[C@H]2O[C@H](CO)[C@H](O)[C@@H](O)[C@H]2O)[C@@H](O)[C@H](O)[C@H]1O. The molecule has 2 saturated heterocycles. The Balaban J connectivity index is 1.83. The molecule has 15 heteroatoms. The molecule has 0 bridgehead atoms. The molecule has 7 N–H and O–H groups in total. The summed E-state index contributed by atoms with van der Waals surface area (Å²) in [6.45, 7) is 2.55. The first kappa shape index (κ1) is 58.1. The largest absolute Gasteiger partial charge is 0.462 e. The highest BCUT2D eigenvalue weighted by molar-refractivity contribution is 5.70. The zero-order chi connectivity index (χ0) is 46.8. The molecule has 15 nitrogen and oxygen atoms in total. The van der Waals surface area contributed by atoms with E-state index in [2.05, 4.69) is 38.2 Å². The van der Waals surface area contributed by atoms with Crippen LogP contribution in [0.4, 0.5) is 0 Å². The van der Waals surface area contributed by atoms with Crippen LogP contribution in [0.1, 0.15) is 181 Å². The van der Waals surface area contributed by atoms with Gasteiger partial charge in [0, 0.05) is 12.8 Å². The van der Waals surface area contributed by atoms with Gasteiger partial charge in [0.25, 0.3) is 0 Å². The summed E-state index contributed by atoms with van der Waals surface area (Å²) in [5.41, 5.74) is 0. The van der Waals surface area contributed by atoms with E-state index in [0.29, 0.717) is 12.8 Å². The molecule has 2 aliphatic rings. The maximum atomic E-state index is 13.0. The van der Waals surface area contributed by atoms with Gasteiger partial charge in [0.15, 0.2) is 18.7 Å². The fourth-order valence-electron chi connectivity index (χ4n) is 7.78. The summed E-state index contributed by atoms with van der Waals surface area (Å²) in [5.74, 6) is -0.936. The predicted molar refractivity (Wildman–Crippen MR) is 243 cm³/mol. The smallest absolute Gasteiger partial charge is 0.306 e. The highest BCUT2D eigenvalue weighted by Crippen LogP contribution is 2.26. The fraction of sp³-hybridized carbons (Fsp3) is 0.878. The van der Waals surface area contributed by atoms with Gasteiger partial charge in [-0.3, -0.25) is 9.59 Å². The number of aliphatic hydroxyl groups excluding tert-OH is 7. The average Bonchev–Trinajstić information content (AvgIpc) is 3.29. The molecule has 2 heterocycles. The van der Waals surface area contributed by atoms with Crippen LogP contribution in [-0.4, -0.2) is 142 Å². The van der Waals surface area contributed by atoms with E-state index in [4.69, 9.17) is 28.4 Å². The minimum Gasteiger partial charge on any atom is -0.462 e. The highest BCUT2D eigenvalue weighted by atomic mass is 16.7. The third-order valence-corrected chi connectivity index (χ3v) is 11.9. The van der Waals surface area contributed by atoms with E-state index in [1.807, 2.05) is 0 Å². The first-order valence-corrected chi connectivity index (χ1v) is 24.9. The summed E-state index contributed by atoms with van der Waals surface area (Å²) in [6, 6.07) is 0. The molecule has 0 aromatic rings. The monoisotopic (exact) mass is 917 g/mol. The van der Waals surface area contributed by atoms with Crippen molar-refractivity contribution >= 4 is 11.9 Å². The van der Waals surface area contributed by atoms with Crippen molar-refractivity contribution in [1.29, 1.82) is 0 Å². The molecular formula is C49H88O15. The summed E-state index contributed by atoms with van der Waals surface area (Å²) in [7, 11) is 0. The molecule has 64 heavy (non-hydrogen) atoms. The molecule has 0 spiro atoms. The van der Waals surface area contributed by atoms with Gasteiger partial charge in [0.2, 0.25) is 0 Å². The quantitative estimate of drug-likeness (QED) is 0.0203. The number of allylic oxidation sites excluding steroid dienone is 4. The Morgan fingerprint density at radius 3 is 1.48 bits per heavy atom. The van der Waals surface area contributed by atoms with Gasteiger partial charge < -0.3 is 64.2 Å².